The van der Waals surface area contributed by atoms with Gasteiger partial charge in [-0.2, -0.15) is 5.26 Å². The van der Waals surface area contributed by atoms with Crippen LogP contribution in [-0.2, 0) is 14.8 Å². The molecule has 1 heterocycles. The van der Waals surface area contributed by atoms with Gasteiger partial charge in [-0.3, -0.25) is 0 Å². The summed E-state index contributed by atoms with van der Waals surface area (Å²) in [5, 5.41) is 8.43. The fourth-order valence-electron chi connectivity index (χ4n) is 0.685. The number of nitrogens with zero attached hydrogens (tertiary/aromatic N) is 1. The van der Waals surface area contributed by atoms with E-state index in [2.05, 4.69) is 0 Å². The van der Waals surface area contributed by atoms with Gasteiger partial charge in [-0.05, 0) is 12.1 Å². The van der Waals surface area contributed by atoms with Crippen molar-refractivity contribution in [1.29, 1.82) is 5.26 Å². The Balaban J connectivity index is 2.87. The van der Waals surface area contributed by atoms with Crippen molar-refractivity contribution in [1.82, 2.24) is 0 Å². The van der Waals surface area contributed by atoms with E-state index in [1.54, 1.807) is 12.1 Å². The highest BCUT2D eigenvalue weighted by atomic mass is 35.7. The molecule has 0 amide bonds. The zero-order valence-electron chi connectivity index (χ0n) is 5.82. The molecule has 1 rings (SSSR count). The maximum Gasteiger partial charge on any atom is 0.237 e. The topological polar surface area (TPSA) is 57.9 Å². The van der Waals surface area contributed by atoms with Gasteiger partial charge in [-0.1, -0.05) is 0 Å². The fourth-order valence-corrected chi connectivity index (χ4v) is 2.97. The van der Waals surface area contributed by atoms with Crippen molar-refractivity contribution in [3.63, 3.8) is 0 Å². The van der Waals surface area contributed by atoms with Gasteiger partial charge in [-0.25, -0.2) is 8.42 Å². The molecule has 6 heteroatoms. The quantitative estimate of drug-likeness (QED) is 0.714. The third kappa shape index (κ3) is 2.81. The summed E-state index contributed by atoms with van der Waals surface area (Å²) >= 11 is 1.14. The number of hydrogen-bond acceptors (Lipinski definition) is 4. The molecule has 0 fully saturated rings. The van der Waals surface area contributed by atoms with Crippen LogP contribution in [0.15, 0.2) is 12.1 Å². The van der Waals surface area contributed by atoms with Crippen LogP contribution in [0.25, 0.3) is 0 Å². The molecule has 0 radical (unpaired) electrons. The molecule has 0 atom stereocenters. The lowest BCUT2D eigenvalue weighted by Gasteiger charge is -1.88. The Morgan fingerprint density at radius 3 is 2.67 bits per heavy atom. The van der Waals surface area contributed by atoms with Gasteiger partial charge in [0.1, 0.15) is 10.9 Å². The fraction of sp³-hybridized carbons (Fsp3) is 0.167. The number of thiophene rings is 1. The van der Waals surface area contributed by atoms with E-state index in [0.717, 1.165) is 11.3 Å². The Kier molecular flexibility index (Phi) is 2.73. The van der Waals surface area contributed by atoms with Gasteiger partial charge >= 0.3 is 0 Å². The Bertz CT molecular complexity index is 415. The first kappa shape index (κ1) is 9.52. The summed E-state index contributed by atoms with van der Waals surface area (Å²) in [6.07, 6.45) is 0. The van der Waals surface area contributed by atoms with Crippen molar-refractivity contribution in [2.45, 2.75) is 5.75 Å². The lowest BCUT2D eigenvalue weighted by atomic mass is 10.4. The Morgan fingerprint density at radius 2 is 2.25 bits per heavy atom. The highest BCUT2D eigenvalue weighted by molar-refractivity contribution is 8.13. The van der Waals surface area contributed by atoms with Crippen LogP contribution in [0.1, 0.15) is 9.75 Å². The molecule has 1 aromatic heterocycles. The van der Waals surface area contributed by atoms with E-state index in [-0.39, 0.29) is 5.75 Å². The Labute approximate surface area is 78.6 Å². The van der Waals surface area contributed by atoms with Crippen molar-refractivity contribution in [2.24, 2.45) is 0 Å². The van der Waals surface area contributed by atoms with Crippen LogP contribution in [0.3, 0.4) is 0 Å². The van der Waals surface area contributed by atoms with E-state index in [1.165, 1.54) is 0 Å². The van der Waals surface area contributed by atoms with Crippen molar-refractivity contribution >= 4 is 31.1 Å². The molecule has 0 bridgehead atoms. The SMILES string of the molecule is N#Cc1ccc(CS(=O)(=O)Cl)s1. The summed E-state index contributed by atoms with van der Waals surface area (Å²) in [5.41, 5.74) is 0. The maximum absolute atomic E-state index is 10.6. The van der Waals surface area contributed by atoms with Crippen molar-refractivity contribution < 1.29 is 8.42 Å². The predicted molar refractivity (Wildman–Crippen MR) is 47.5 cm³/mol. The second-order valence-corrected chi connectivity index (χ2v) is 6.01. The molecule has 0 aromatic carbocycles. The minimum Gasteiger partial charge on any atom is -0.212 e. The lowest BCUT2D eigenvalue weighted by molar-refractivity contribution is 0.609. The number of nitriles is 1. The van der Waals surface area contributed by atoms with Crippen molar-refractivity contribution in [3.05, 3.63) is 21.9 Å². The molecular weight excluding hydrogens is 218 g/mol. The van der Waals surface area contributed by atoms with Gasteiger partial charge in [-0.15, -0.1) is 11.3 Å². The van der Waals surface area contributed by atoms with Crippen molar-refractivity contribution in [2.75, 3.05) is 0 Å². The van der Waals surface area contributed by atoms with Gasteiger partial charge in [0.15, 0.2) is 0 Å². The lowest BCUT2D eigenvalue weighted by Crippen LogP contribution is -1.91. The monoisotopic (exact) mass is 221 g/mol. The number of rotatable bonds is 2. The van der Waals surface area contributed by atoms with Crippen LogP contribution in [-0.4, -0.2) is 8.42 Å². The van der Waals surface area contributed by atoms with Crippen LogP contribution < -0.4 is 0 Å². The number of halogens is 1. The van der Waals surface area contributed by atoms with Crippen LogP contribution >= 0.6 is 22.0 Å². The summed E-state index contributed by atoms with van der Waals surface area (Å²) in [6, 6.07) is 5.07. The van der Waals surface area contributed by atoms with Gasteiger partial charge < -0.3 is 0 Å². The third-order valence-electron chi connectivity index (χ3n) is 1.09. The summed E-state index contributed by atoms with van der Waals surface area (Å²) < 4.78 is 21.2. The molecule has 0 aliphatic carbocycles. The summed E-state index contributed by atoms with van der Waals surface area (Å²) in [6.45, 7) is 0. The minimum absolute atomic E-state index is 0.207. The maximum atomic E-state index is 10.6. The Hall–Kier alpha value is -0.570. The third-order valence-corrected chi connectivity index (χ3v) is 3.24. The van der Waals surface area contributed by atoms with Crippen molar-refractivity contribution in [3.8, 4) is 6.07 Å². The molecule has 0 saturated carbocycles. The molecule has 0 aliphatic rings. The van der Waals surface area contributed by atoms with E-state index in [1.807, 2.05) is 6.07 Å². The molecule has 0 N–H and O–H groups in total. The second kappa shape index (κ2) is 3.44. The largest absolute Gasteiger partial charge is 0.237 e. The summed E-state index contributed by atoms with van der Waals surface area (Å²) in [4.78, 5) is 1.08. The standard InChI is InChI=1S/C6H4ClNO2S2/c7-12(9,10)4-6-2-1-5(3-8)11-6/h1-2H,4H2. The first-order valence-corrected chi connectivity index (χ1v) is 6.22. The number of hydrogen-bond donors (Lipinski definition) is 0. The normalized spacial score (nSPS) is 11.0. The molecular formula is C6H4ClNO2S2. The second-order valence-electron chi connectivity index (χ2n) is 2.06. The van der Waals surface area contributed by atoms with Gasteiger partial charge in [0.05, 0.1) is 5.75 Å². The smallest absolute Gasteiger partial charge is 0.212 e. The average molecular weight is 222 g/mol. The van der Waals surface area contributed by atoms with E-state index >= 15 is 0 Å². The first-order valence-electron chi connectivity index (χ1n) is 2.92. The van der Waals surface area contributed by atoms with Gasteiger partial charge in [0.2, 0.25) is 9.05 Å². The highest BCUT2D eigenvalue weighted by Crippen LogP contribution is 2.19. The van der Waals surface area contributed by atoms with Crippen LogP contribution in [0.5, 0.6) is 0 Å². The van der Waals surface area contributed by atoms with Gasteiger partial charge in [0, 0.05) is 15.6 Å². The highest BCUT2D eigenvalue weighted by Gasteiger charge is 2.08. The van der Waals surface area contributed by atoms with E-state index in [0.29, 0.717) is 9.75 Å². The molecule has 0 aliphatic heterocycles. The minimum atomic E-state index is -3.50. The van der Waals surface area contributed by atoms with E-state index < -0.39 is 9.05 Å². The van der Waals surface area contributed by atoms with Crippen LogP contribution in [0.4, 0.5) is 0 Å². The van der Waals surface area contributed by atoms with E-state index in [4.69, 9.17) is 15.9 Å². The predicted octanol–water partition coefficient (Wildman–Crippen LogP) is 1.69. The molecule has 0 spiro atoms. The van der Waals surface area contributed by atoms with Crippen LogP contribution in [0.2, 0.25) is 0 Å². The first-order chi connectivity index (χ1) is 5.51. The average Bonchev–Trinajstić information content (AvgIpc) is 2.32. The molecule has 12 heavy (non-hydrogen) atoms. The summed E-state index contributed by atoms with van der Waals surface area (Å²) in [7, 11) is 1.52. The molecule has 0 unspecified atom stereocenters. The zero-order valence-corrected chi connectivity index (χ0v) is 8.21. The van der Waals surface area contributed by atoms with Gasteiger partial charge in [0.25, 0.3) is 0 Å². The Morgan fingerprint density at radius 1 is 1.58 bits per heavy atom. The zero-order chi connectivity index (χ0) is 9.19. The summed E-state index contributed by atoms with van der Waals surface area (Å²) in [5.74, 6) is -0.207. The molecule has 64 valence electrons. The molecule has 0 saturated heterocycles. The molecule has 3 nitrogen and oxygen atoms in total. The van der Waals surface area contributed by atoms with E-state index in [9.17, 15) is 8.42 Å². The van der Waals surface area contributed by atoms with Crippen LogP contribution in [0, 0.1) is 11.3 Å². The molecule has 1 aromatic rings.